The predicted molar refractivity (Wildman–Crippen MR) is 94.2 cm³/mol. The van der Waals surface area contributed by atoms with E-state index in [0.29, 0.717) is 12.4 Å². The Morgan fingerprint density at radius 1 is 1.08 bits per heavy atom. The van der Waals surface area contributed by atoms with E-state index in [1.54, 1.807) is 0 Å². The summed E-state index contributed by atoms with van der Waals surface area (Å²) in [7, 11) is 0. The van der Waals surface area contributed by atoms with Gasteiger partial charge in [0.05, 0.1) is 12.9 Å². The van der Waals surface area contributed by atoms with E-state index < -0.39 is 0 Å². The number of benzene rings is 2. The first-order valence-corrected chi connectivity index (χ1v) is 8.15. The van der Waals surface area contributed by atoms with Crippen LogP contribution in [0, 0.1) is 0 Å². The Kier molecular flexibility index (Phi) is 4.37. The van der Waals surface area contributed by atoms with Gasteiger partial charge in [0.25, 0.3) is 0 Å². The summed E-state index contributed by atoms with van der Waals surface area (Å²) in [5.41, 5.74) is 3.22. The van der Waals surface area contributed by atoms with E-state index in [-0.39, 0.29) is 0 Å². The molecular weight excluding hydrogens is 316 g/mol. The molecular formula is C18H18N6O. The summed E-state index contributed by atoms with van der Waals surface area (Å²) in [6.07, 6.45) is 1.92. The fourth-order valence-electron chi connectivity index (χ4n) is 2.71. The van der Waals surface area contributed by atoms with Crippen molar-refractivity contribution in [3.63, 3.8) is 0 Å². The lowest BCUT2D eigenvalue weighted by Gasteiger charge is -2.14. The number of H-pyrrole nitrogens is 1. The van der Waals surface area contributed by atoms with E-state index in [2.05, 4.69) is 42.6 Å². The molecule has 0 amide bonds. The van der Waals surface area contributed by atoms with Crippen LogP contribution in [-0.2, 0) is 13.2 Å². The van der Waals surface area contributed by atoms with Gasteiger partial charge in [-0.1, -0.05) is 30.3 Å². The molecule has 3 aromatic rings. The van der Waals surface area contributed by atoms with E-state index >= 15 is 0 Å². The molecule has 126 valence electrons. The minimum Gasteiger partial charge on any atom is -0.489 e. The first-order valence-electron chi connectivity index (χ1n) is 8.15. The Morgan fingerprint density at radius 2 is 2.00 bits per heavy atom. The van der Waals surface area contributed by atoms with Gasteiger partial charge in [-0.25, -0.2) is 0 Å². The molecule has 0 aliphatic carbocycles. The monoisotopic (exact) mass is 334 g/mol. The zero-order valence-electron chi connectivity index (χ0n) is 13.7. The minimum atomic E-state index is 0.490. The molecule has 25 heavy (non-hydrogen) atoms. The molecule has 0 spiro atoms. The molecule has 0 unspecified atom stereocenters. The first-order chi connectivity index (χ1) is 12.4. The van der Waals surface area contributed by atoms with E-state index in [9.17, 15) is 0 Å². The lowest BCUT2D eigenvalue weighted by Crippen LogP contribution is -2.18. The zero-order valence-corrected chi connectivity index (χ0v) is 13.7. The van der Waals surface area contributed by atoms with E-state index in [0.717, 1.165) is 36.5 Å². The van der Waals surface area contributed by atoms with Gasteiger partial charge in [-0.2, -0.15) is 5.21 Å². The molecule has 0 bridgehead atoms. The summed E-state index contributed by atoms with van der Waals surface area (Å²) in [6, 6.07) is 16.1. The van der Waals surface area contributed by atoms with Crippen LogP contribution in [0.25, 0.3) is 11.4 Å². The van der Waals surface area contributed by atoms with Crippen molar-refractivity contribution in [3.05, 3.63) is 59.7 Å². The molecule has 2 heterocycles. The molecule has 0 fully saturated rings. The quantitative estimate of drug-likeness (QED) is 0.748. The smallest absolute Gasteiger partial charge is 0.204 e. The summed E-state index contributed by atoms with van der Waals surface area (Å²) < 4.78 is 5.89. The summed E-state index contributed by atoms with van der Waals surface area (Å²) in [4.78, 5) is 6.44. The third kappa shape index (κ3) is 3.82. The largest absolute Gasteiger partial charge is 0.489 e. The van der Waals surface area contributed by atoms with Crippen LogP contribution in [0.4, 0.5) is 0 Å². The number of ether oxygens (including phenoxy) is 1. The van der Waals surface area contributed by atoms with Gasteiger partial charge in [-0.3, -0.25) is 4.99 Å². The highest BCUT2D eigenvalue weighted by atomic mass is 16.5. The Bertz CT molecular complexity index is 844. The highest BCUT2D eigenvalue weighted by Gasteiger charge is 2.07. The van der Waals surface area contributed by atoms with Crippen molar-refractivity contribution in [3.8, 4) is 17.1 Å². The number of aliphatic imine (C=N–C) groups is 1. The standard InChI is InChI=1S/C18H18N6O/c1-2-15(10-16(3-1)18-20-22-23-21-18)12-25-17-6-4-14(5-7-17)11-24-9-8-19-13-24/h1-7,10,13H,8-9,11-12H2,(H,20,21,22,23). The number of aromatic nitrogens is 4. The minimum absolute atomic E-state index is 0.490. The molecule has 0 saturated heterocycles. The highest BCUT2D eigenvalue weighted by molar-refractivity contribution is 5.57. The number of nitrogens with zero attached hydrogens (tertiary/aromatic N) is 5. The van der Waals surface area contributed by atoms with Crippen molar-refractivity contribution >= 4 is 6.34 Å². The fourth-order valence-corrected chi connectivity index (χ4v) is 2.71. The Balaban J connectivity index is 1.36. The Hall–Kier alpha value is -3.22. The number of nitrogens with one attached hydrogen (secondary N) is 1. The fraction of sp³-hybridized carbons (Fsp3) is 0.222. The maximum atomic E-state index is 5.89. The summed E-state index contributed by atoms with van der Waals surface area (Å²) >= 11 is 0. The van der Waals surface area contributed by atoms with Crippen LogP contribution in [0.1, 0.15) is 11.1 Å². The van der Waals surface area contributed by atoms with Crippen LogP contribution in [0.15, 0.2) is 53.5 Å². The highest BCUT2D eigenvalue weighted by Crippen LogP contribution is 2.18. The van der Waals surface area contributed by atoms with Crippen molar-refractivity contribution in [2.75, 3.05) is 13.1 Å². The second-order valence-electron chi connectivity index (χ2n) is 5.86. The van der Waals surface area contributed by atoms with E-state index in [1.807, 2.05) is 42.7 Å². The predicted octanol–water partition coefficient (Wildman–Crippen LogP) is 2.29. The number of aromatic amines is 1. The topological polar surface area (TPSA) is 79.3 Å². The molecule has 7 nitrogen and oxygen atoms in total. The van der Waals surface area contributed by atoms with Gasteiger partial charge in [-0.05, 0) is 34.5 Å². The molecule has 0 saturated carbocycles. The van der Waals surface area contributed by atoms with Crippen molar-refractivity contribution in [1.82, 2.24) is 25.5 Å². The van der Waals surface area contributed by atoms with Crippen molar-refractivity contribution < 1.29 is 4.74 Å². The van der Waals surface area contributed by atoms with Crippen LogP contribution >= 0.6 is 0 Å². The second kappa shape index (κ2) is 7.12. The summed E-state index contributed by atoms with van der Waals surface area (Å²) in [6.45, 7) is 3.26. The van der Waals surface area contributed by atoms with Crippen molar-refractivity contribution in [2.24, 2.45) is 4.99 Å². The average molecular weight is 334 g/mol. The maximum absolute atomic E-state index is 5.89. The third-order valence-electron chi connectivity index (χ3n) is 4.01. The lowest BCUT2D eigenvalue weighted by atomic mass is 10.1. The van der Waals surface area contributed by atoms with Gasteiger partial charge in [0, 0.05) is 18.7 Å². The number of tetrazole rings is 1. The zero-order chi connectivity index (χ0) is 16.9. The molecule has 1 N–H and O–H groups in total. The lowest BCUT2D eigenvalue weighted by molar-refractivity contribution is 0.306. The van der Waals surface area contributed by atoms with Crippen LogP contribution in [0.5, 0.6) is 5.75 Å². The first kappa shape index (κ1) is 15.3. The van der Waals surface area contributed by atoms with Gasteiger partial charge >= 0.3 is 0 Å². The average Bonchev–Trinajstić information content (AvgIpc) is 3.35. The van der Waals surface area contributed by atoms with Crippen molar-refractivity contribution in [1.29, 1.82) is 0 Å². The van der Waals surface area contributed by atoms with E-state index in [1.165, 1.54) is 5.56 Å². The SMILES string of the molecule is C1=NCCN1Cc1ccc(OCc2cccc(-c3nn[nH]n3)c2)cc1. The molecule has 4 rings (SSSR count). The molecule has 1 aliphatic heterocycles. The van der Waals surface area contributed by atoms with Crippen molar-refractivity contribution in [2.45, 2.75) is 13.2 Å². The molecule has 0 atom stereocenters. The van der Waals surface area contributed by atoms with Crippen LogP contribution in [-0.4, -0.2) is 45.0 Å². The maximum Gasteiger partial charge on any atom is 0.204 e. The Labute approximate surface area is 145 Å². The van der Waals surface area contributed by atoms with Gasteiger partial charge in [0.15, 0.2) is 0 Å². The van der Waals surface area contributed by atoms with Gasteiger partial charge in [0.1, 0.15) is 12.4 Å². The molecule has 7 heteroatoms. The normalized spacial score (nSPS) is 13.4. The number of hydrogen-bond acceptors (Lipinski definition) is 6. The Morgan fingerprint density at radius 3 is 2.76 bits per heavy atom. The molecule has 2 aromatic carbocycles. The van der Waals surface area contributed by atoms with Crippen LogP contribution < -0.4 is 4.74 Å². The van der Waals surface area contributed by atoms with Gasteiger partial charge < -0.3 is 9.64 Å². The number of hydrogen-bond donors (Lipinski definition) is 1. The summed E-state index contributed by atoms with van der Waals surface area (Å²) in [5.74, 6) is 1.43. The summed E-state index contributed by atoms with van der Waals surface area (Å²) in [5, 5.41) is 14.0. The third-order valence-corrected chi connectivity index (χ3v) is 4.01. The number of rotatable bonds is 6. The van der Waals surface area contributed by atoms with Gasteiger partial charge in [0.2, 0.25) is 5.82 Å². The van der Waals surface area contributed by atoms with Crippen LogP contribution in [0.2, 0.25) is 0 Å². The molecule has 1 aliphatic rings. The van der Waals surface area contributed by atoms with E-state index in [4.69, 9.17) is 4.74 Å². The second-order valence-corrected chi connectivity index (χ2v) is 5.86. The molecule has 1 aromatic heterocycles. The molecule has 0 radical (unpaired) electrons. The van der Waals surface area contributed by atoms with Gasteiger partial charge in [-0.15, -0.1) is 10.2 Å². The van der Waals surface area contributed by atoms with Crippen LogP contribution in [0.3, 0.4) is 0 Å².